The van der Waals surface area contributed by atoms with Gasteiger partial charge in [-0.15, -0.1) is 65.7 Å². The number of aromatic nitrogens is 2. The summed E-state index contributed by atoms with van der Waals surface area (Å²) in [6.45, 7) is 0. The van der Waals surface area contributed by atoms with Gasteiger partial charge in [0.05, 0.1) is 0 Å². The molecule has 325 valence electrons. The first kappa shape index (κ1) is 43.6. The molecule has 1 radical (unpaired) electrons. The number of hydrogen-bond donors (Lipinski definition) is 0. The quantitative estimate of drug-likeness (QED) is 0.142. The summed E-state index contributed by atoms with van der Waals surface area (Å²) in [5.74, 6) is 0. The summed E-state index contributed by atoms with van der Waals surface area (Å²) in [4.78, 5) is 8.86. The van der Waals surface area contributed by atoms with E-state index in [9.17, 15) is 0 Å². The van der Waals surface area contributed by atoms with E-state index in [2.05, 4.69) is 192 Å². The summed E-state index contributed by atoms with van der Waals surface area (Å²) in [7, 11) is 0. The van der Waals surface area contributed by atoms with Gasteiger partial charge >= 0.3 is 0 Å². The number of furan rings is 1. The Balaban J connectivity index is 0.000000361. The van der Waals surface area contributed by atoms with Crippen LogP contribution in [0.2, 0.25) is 0 Å². The van der Waals surface area contributed by atoms with Crippen LogP contribution in [0.4, 0.5) is 0 Å². The minimum absolute atomic E-state index is 0. The Hall–Kier alpha value is -8.27. The topological polar surface area (TPSA) is 38.9 Å². The Morgan fingerprint density at radius 2 is 0.735 bits per heavy atom. The molecule has 9 aromatic carbocycles. The molecule has 0 bridgehead atoms. The molecule has 68 heavy (non-hydrogen) atoms. The molecule has 4 heteroatoms. The standard InChI is InChI=1S/C53H34NO.C11H8N.Ir/c1-5-17-37(18-6-1)48-49(38-19-7-2-8-20-38)51(40-23-11-4-12-24-40)53(42-32-33-47-44(35-42)43-25-13-14-27-46(43)55-47)52(50(48)39-21-9-3-10-22-39)41-30-28-36(29-31-41)45-26-15-16-34-54-45;1-2-6-10(7-3-1)11-8-4-5-9-12-11;/h1-28,30-35H;1-6,8-9H;/q2*-1;. The molecule has 12 aromatic rings. The van der Waals surface area contributed by atoms with Crippen molar-refractivity contribution in [3.63, 3.8) is 0 Å². The molecule has 0 aliphatic carbocycles. The second kappa shape index (κ2) is 20.1. The zero-order chi connectivity index (χ0) is 44.8. The first-order chi connectivity index (χ1) is 33.3. The van der Waals surface area contributed by atoms with Gasteiger partial charge in [-0.2, -0.15) is 0 Å². The maximum absolute atomic E-state index is 6.38. The van der Waals surface area contributed by atoms with Gasteiger partial charge in [-0.1, -0.05) is 175 Å². The maximum Gasteiger partial charge on any atom is 0.135 e. The van der Waals surface area contributed by atoms with Gasteiger partial charge in [-0.3, -0.25) is 0 Å². The fraction of sp³-hybridized carbons (Fsp3) is 0. The normalized spacial score (nSPS) is 10.8. The van der Waals surface area contributed by atoms with E-state index in [1.54, 1.807) is 6.20 Å². The third kappa shape index (κ3) is 8.75. The monoisotopic (exact) mass is 1050 g/mol. The SMILES string of the molecule is [Ir].[c-]1cc(-c2c(-c3ccccc3)c(-c3ccccc3)c(-c3ccccc3)c(-c3ccccc3)c2-c2ccc3oc4ccccc4c3c2)ccc1-c1ccccn1.[c-]1ccccc1-c1ccccn1. The van der Waals surface area contributed by atoms with E-state index in [1.165, 1.54) is 16.7 Å². The van der Waals surface area contributed by atoms with Crippen molar-refractivity contribution >= 4 is 21.9 Å². The van der Waals surface area contributed by atoms with Crippen LogP contribution in [0.15, 0.2) is 259 Å². The van der Waals surface area contributed by atoms with Crippen molar-refractivity contribution in [2.75, 3.05) is 0 Å². The second-order valence-corrected chi connectivity index (χ2v) is 16.2. The van der Waals surface area contributed by atoms with Crippen LogP contribution in [0.3, 0.4) is 0 Å². The molecule has 0 saturated heterocycles. The van der Waals surface area contributed by atoms with Crippen molar-refractivity contribution in [3.8, 4) is 89.3 Å². The van der Waals surface area contributed by atoms with Crippen LogP contribution in [0.25, 0.3) is 111 Å². The molecule has 12 rings (SSSR count). The van der Waals surface area contributed by atoms with E-state index in [4.69, 9.17) is 4.42 Å². The van der Waals surface area contributed by atoms with Crippen LogP contribution < -0.4 is 0 Å². The molecule has 0 saturated carbocycles. The van der Waals surface area contributed by atoms with Gasteiger partial charge in [0.25, 0.3) is 0 Å². The Morgan fingerprint density at radius 3 is 1.21 bits per heavy atom. The van der Waals surface area contributed by atoms with Crippen LogP contribution in [0.5, 0.6) is 0 Å². The van der Waals surface area contributed by atoms with Crippen LogP contribution in [-0.2, 0) is 20.1 Å². The largest absolute Gasteiger partial charge is 0.456 e. The minimum Gasteiger partial charge on any atom is -0.456 e. The Morgan fingerprint density at radius 1 is 0.309 bits per heavy atom. The zero-order valence-electron chi connectivity index (χ0n) is 36.9. The third-order valence-electron chi connectivity index (χ3n) is 12.1. The van der Waals surface area contributed by atoms with Crippen molar-refractivity contribution in [3.05, 3.63) is 267 Å². The smallest absolute Gasteiger partial charge is 0.135 e. The molecule has 0 aliphatic rings. The molecular formula is C64H42IrN2O-2. The van der Waals surface area contributed by atoms with Gasteiger partial charge in [0.1, 0.15) is 11.2 Å². The molecular weight excluding hydrogens is 1000 g/mol. The molecule has 0 N–H and O–H groups in total. The third-order valence-corrected chi connectivity index (χ3v) is 12.1. The Labute approximate surface area is 410 Å². The van der Waals surface area contributed by atoms with E-state index in [1.807, 2.05) is 79.0 Å². The molecule has 0 aliphatic heterocycles. The van der Waals surface area contributed by atoms with Crippen LogP contribution in [0.1, 0.15) is 0 Å². The molecule has 0 spiro atoms. The predicted molar refractivity (Wildman–Crippen MR) is 277 cm³/mol. The average molecular weight is 1050 g/mol. The van der Waals surface area contributed by atoms with Crippen molar-refractivity contribution < 1.29 is 24.5 Å². The first-order valence-corrected chi connectivity index (χ1v) is 22.5. The van der Waals surface area contributed by atoms with Crippen molar-refractivity contribution in [2.24, 2.45) is 0 Å². The van der Waals surface area contributed by atoms with E-state index < -0.39 is 0 Å². The van der Waals surface area contributed by atoms with Gasteiger partial charge < -0.3 is 14.4 Å². The summed E-state index contributed by atoms with van der Waals surface area (Å²) in [6.07, 6.45) is 3.62. The van der Waals surface area contributed by atoms with Gasteiger partial charge in [-0.25, -0.2) is 0 Å². The van der Waals surface area contributed by atoms with Crippen LogP contribution >= 0.6 is 0 Å². The predicted octanol–water partition coefficient (Wildman–Crippen LogP) is 17.0. The Kier molecular flexibility index (Phi) is 12.9. The number of rotatable bonds is 8. The first-order valence-electron chi connectivity index (χ1n) is 22.5. The van der Waals surface area contributed by atoms with Gasteiger partial charge in [0.2, 0.25) is 0 Å². The van der Waals surface area contributed by atoms with E-state index in [0.717, 1.165) is 94.5 Å². The zero-order valence-corrected chi connectivity index (χ0v) is 39.3. The molecule has 3 heterocycles. The van der Waals surface area contributed by atoms with Gasteiger partial charge in [-0.05, 0) is 103 Å². The summed E-state index contributed by atoms with van der Waals surface area (Å²) in [6, 6.07) is 91.4. The molecule has 0 amide bonds. The molecule has 0 unspecified atom stereocenters. The van der Waals surface area contributed by atoms with Crippen LogP contribution in [0, 0.1) is 12.1 Å². The fourth-order valence-electron chi connectivity index (χ4n) is 9.12. The van der Waals surface area contributed by atoms with Crippen molar-refractivity contribution in [1.82, 2.24) is 9.97 Å². The number of hydrogen-bond acceptors (Lipinski definition) is 3. The minimum atomic E-state index is 0. The number of pyridine rings is 2. The van der Waals surface area contributed by atoms with Crippen molar-refractivity contribution in [1.29, 1.82) is 0 Å². The fourth-order valence-corrected chi connectivity index (χ4v) is 9.12. The summed E-state index contributed by atoms with van der Waals surface area (Å²) >= 11 is 0. The number of benzene rings is 9. The number of nitrogens with zero attached hydrogens (tertiary/aromatic N) is 2. The molecule has 0 atom stereocenters. The van der Waals surface area contributed by atoms with E-state index in [-0.39, 0.29) is 20.1 Å². The van der Waals surface area contributed by atoms with Gasteiger partial charge in [0, 0.05) is 43.3 Å². The number of para-hydroxylation sites is 1. The van der Waals surface area contributed by atoms with E-state index in [0.29, 0.717) is 0 Å². The summed E-state index contributed by atoms with van der Waals surface area (Å²) in [5, 5.41) is 2.19. The second-order valence-electron chi connectivity index (χ2n) is 16.2. The average Bonchev–Trinajstić information content (AvgIpc) is 3.80. The molecule has 3 aromatic heterocycles. The molecule has 0 fully saturated rings. The molecule has 3 nitrogen and oxygen atoms in total. The van der Waals surface area contributed by atoms with Crippen molar-refractivity contribution in [2.45, 2.75) is 0 Å². The van der Waals surface area contributed by atoms with Crippen LogP contribution in [-0.4, -0.2) is 9.97 Å². The summed E-state index contributed by atoms with van der Waals surface area (Å²) in [5.41, 5.74) is 19.3. The van der Waals surface area contributed by atoms with Gasteiger partial charge in [0.15, 0.2) is 0 Å². The van der Waals surface area contributed by atoms with E-state index >= 15 is 0 Å². The number of fused-ring (bicyclic) bond motifs is 3. The summed E-state index contributed by atoms with van der Waals surface area (Å²) < 4.78 is 6.38. The Bertz CT molecular complexity index is 3530. The maximum atomic E-state index is 6.38.